The van der Waals surface area contributed by atoms with E-state index in [1.165, 1.54) is 6.33 Å². The van der Waals surface area contributed by atoms with Crippen LogP contribution in [0.25, 0.3) is 22.3 Å². The average molecular weight is 431 g/mol. The summed E-state index contributed by atoms with van der Waals surface area (Å²) in [6.07, 6.45) is 3.63. The van der Waals surface area contributed by atoms with E-state index in [2.05, 4.69) is 36.5 Å². The normalized spacial score (nSPS) is 15.6. The molecule has 0 amide bonds. The van der Waals surface area contributed by atoms with Crippen molar-refractivity contribution in [2.45, 2.75) is 57.8 Å². The molecule has 2 aromatic heterocycles. The Labute approximate surface area is 177 Å². The van der Waals surface area contributed by atoms with Gasteiger partial charge in [-0.25, -0.2) is 14.6 Å². The van der Waals surface area contributed by atoms with Crippen LogP contribution in [0.3, 0.4) is 0 Å². The first-order valence-electron chi connectivity index (χ1n) is 9.98. The molecule has 0 unspecified atom stereocenters. The SMILES string of the molecule is CC1(Oc2ccc3c(c2)c(-c2cc(Cl)ncn2)nn3COCC[Si](C)(C)C)CC1. The lowest BCUT2D eigenvalue weighted by Crippen LogP contribution is -2.22. The maximum Gasteiger partial charge on any atom is 0.140 e. The molecule has 154 valence electrons. The fourth-order valence-corrected chi connectivity index (χ4v) is 3.97. The number of fused-ring (bicyclic) bond motifs is 1. The van der Waals surface area contributed by atoms with Gasteiger partial charge in [-0.2, -0.15) is 5.10 Å². The van der Waals surface area contributed by atoms with Crippen molar-refractivity contribution in [3.05, 3.63) is 35.7 Å². The van der Waals surface area contributed by atoms with Crippen LogP contribution in [0.4, 0.5) is 0 Å². The van der Waals surface area contributed by atoms with Crippen LogP contribution < -0.4 is 4.74 Å². The summed E-state index contributed by atoms with van der Waals surface area (Å²) in [4.78, 5) is 8.36. The van der Waals surface area contributed by atoms with E-state index in [1.54, 1.807) is 6.07 Å². The molecule has 1 aromatic carbocycles. The van der Waals surface area contributed by atoms with Crippen molar-refractivity contribution in [3.8, 4) is 17.1 Å². The number of rotatable bonds is 8. The molecule has 0 aliphatic heterocycles. The second-order valence-electron chi connectivity index (χ2n) is 9.15. The molecule has 8 heteroatoms. The summed E-state index contributed by atoms with van der Waals surface area (Å²) in [7, 11) is -1.13. The van der Waals surface area contributed by atoms with Crippen LogP contribution in [0.5, 0.6) is 5.75 Å². The Morgan fingerprint density at radius 2 is 1.97 bits per heavy atom. The minimum Gasteiger partial charge on any atom is -0.488 e. The summed E-state index contributed by atoms with van der Waals surface area (Å²) in [5, 5.41) is 6.15. The molecule has 0 radical (unpaired) electrons. The number of halogens is 1. The van der Waals surface area contributed by atoms with E-state index in [-0.39, 0.29) is 5.60 Å². The number of benzene rings is 1. The number of ether oxygens (including phenoxy) is 2. The molecule has 4 rings (SSSR count). The zero-order chi connectivity index (χ0) is 20.6. The lowest BCUT2D eigenvalue weighted by Gasteiger charge is -2.15. The Kier molecular flexibility index (Phi) is 5.39. The van der Waals surface area contributed by atoms with Gasteiger partial charge in [0.15, 0.2) is 0 Å². The average Bonchev–Trinajstić information content (AvgIpc) is 3.26. The molecule has 1 saturated carbocycles. The first-order valence-corrected chi connectivity index (χ1v) is 14.1. The molecular weight excluding hydrogens is 404 g/mol. The van der Waals surface area contributed by atoms with Crippen molar-refractivity contribution < 1.29 is 9.47 Å². The molecule has 3 aromatic rings. The van der Waals surface area contributed by atoms with Crippen LogP contribution in [0.15, 0.2) is 30.6 Å². The van der Waals surface area contributed by atoms with Gasteiger partial charge in [0.05, 0.1) is 11.2 Å². The van der Waals surface area contributed by atoms with Gasteiger partial charge in [-0.05, 0) is 44.0 Å². The van der Waals surface area contributed by atoms with E-state index in [1.807, 2.05) is 22.9 Å². The van der Waals surface area contributed by atoms with Crippen molar-refractivity contribution >= 4 is 30.6 Å². The van der Waals surface area contributed by atoms with Crippen molar-refractivity contribution in [3.63, 3.8) is 0 Å². The molecule has 29 heavy (non-hydrogen) atoms. The van der Waals surface area contributed by atoms with E-state index >= 15 is 0 Å². The fourth-order valence-electron chi connectivity index (χ4n) is 3.06. The Bertz CT molecular complexity index is 1030. The van der Waals surface area contributed by atoms with Crippen LogP contribution in [-0.2, 0) is 11.5 Å². The third-order valence-corrected chi connectivity index (χ3v) is 7.04. The molecule has 1 aliphatic rings. The monoisotopic (exact) mass is 430 g/mol. The van der Waals surface area contributed by atoms with Crippen LogP contribution >= 0.6 is 11.6 Å². The van der Waals surface area contributed by atoms with Gasteiger partial charge in [-0.3, -0.25) is 0 Å². The highest BCUT2D eigenvalue weighted by Gasteiger charge is 2.40. The minimum absolute atomic E-state index is 0.0397. The van der Waals surface area contributed by atoms with Gasteiger partial charge in [0.25, 0.3) is 0 Å². The van der Waals surface area contributed by atoms with Crippen molar-refractivity contribution in [1.82, 2.24) is 19.7 Å². The van der Waals surface area contributed by atoms with Crippen LogP contribution in [-0.4, -0.2) is 40.0 Å². The third kappa shape index (κ3) is 4.97. The van der Waals surface area contributed by atoms with Crippen LogP contribution in [0.2, 0.25) is 30.8 Å². The third-order valence-electron chi connectivity index (χ3n) is 5.13. The Morgan fingerprint density at radius 1 is 1.17 bits per heavy atom. The second-order valence-corrected chi connectivity index (χ2v) is 15.2. The van der Waals surface area contributed by atoms with Crippen molar-refractivity contribution in [2.75, 3.05) is 6.61 Å². The maximum atomic E-state index is 6.16. The lowest BCUT2D eigenvalue weighted by atomic mass is 10.1. The second kappa shape index (κ2) is 7.70. The van der Waals surface area contributed by atoms with E-state index in [0.717, 1.165) is 47.8 Å². The van der Waals surface area contributed by atoms with Gasteiger partial charge in [0.2, 0.25) is 0 Å². The van der Waals surface area contributed by atoms with Gasteiger partial charge in [-0.1, -0.05) is 31.2 Å². The Hall–Kier alpha value is -1.96. The smallest absolute Gasteiger partial charge is 0.140 e. The zero-order valence-corrected chi connectivity index (χ0v) is 19.2. The van der Waals surface area contributed by atoms with Gasteiger partial charge in [-0.15, -0.1) is 0 Å². The van der Waals surface area contributed by atoms with Gasteiger partial charge < -0.3 is 9.47 Å². The van der Waals surface area contributed by atoms with E-state index in [9.17, 15) is 0 Å². The zero-order valence-electron chi connectivity index (χ0n) is 17.4. The molecular formula is C21H27ClN4O2Si. The number of hydrogen-bond acceptors (Lipinski definition) is 5. The first-order chi connectivity index (χ1) is 13.7. The molecule has 0 bridgehead atoms. The topological polar surface area (TPSA) is 62.1 Å². The maximum absolute atomic E-state index is 6.16. The highest BCUT2D eigenvalue weighted by atomic mass is 35.5. The minimum atomic E-state index is -1.13. The van der Waals surface area contributed by atoms with Gasteiger partial charge in [0.1, 0.15) is 35.3 Å². The summed E-state index contributed by atoms with van der Waals surface area (Å²) in [5.41, 5.74) is 2.38. The lowest BCUT2D eigenvalue weighted by molar-refractivity contribution is 0.0818. The summed E-state index contributed by atoms with van der Waals surface area (Å²) in [6, 6.07) is 8.93. The van der Waals surface area contributed by atoms with E-state index < -0.39 is 8.07 Å². The largest absolute Gasteiger partial charge is 0.488 e. The molecule has 0 N–H and O–H groups in total. The highest BCUT2D eigenvalue weighted by Crippen LogP contribution is 2.40. The predicted molar refractivity (Wildman–Crippen MR) is 118 cm³/mol. The van der Waals surface area contributed by atoms with Crippen molar-refractivity contribution in [1.29, 1.82) is 0 Å². The summed E-state index contributed by atoms with van der Waals surface area (Å²) in [6.45, 7) is 10.3. The molecule has 1 fully saturated rings. The van der Waals surface area contributed by atoms with Crippen molar-refractivity contribution in [2.24, 2.45) is 0 Å². The molecule has 0 atom stereocenters. The van der Waals surface area contributed by atoms with Gasteiger partial charge >= 0.3 is 0 Å². The van der Waals surface area contributed by atoms with E-state index in [0.29, 0.717) is 17.6 Å². The summed E-state index contributed by atoms with van der Waals surface area (Å²) in [5.74, 6) is 0.845. The molecule has 0 spiro atoms. The Morgan fingerprint density at radius 3 is 2.66 bits per heavy atom. The summed E-state index contributed by atoms with van der Waals surface area (Å²) < 4.78 is 14.0. The molecule has 2 heterocycles. The number of nitrogens with zero attached hydrogens (tertiary/aromatic N) is 4. The number of aromatic nitrogens is 4. The molecule has 0 saturated heterocycles. The summed E-state index contributed by atoms with van der Waals surface area (Å²) >= 11 is 6.09. The number of hydrogen-bond donors (Lipinski definition) is 0. The van der Waals surface area contributed by atoms with Crippen LogP contribution in [0, 0.1) is 0 Å². The molecule has 6 nitrogen and oxygen atoms in total. The predicted octanol–water partition coefficient (Wildman–Crippen LogP) is 5.39. The Balaban J connectivity index is 1.66. The standard InChI is InChI=1S/C21H27ClN4O2Si/c1-21(7-8-21)28-15-5-6-18-16(11-15)20(17-12-19(22)24-13-23-17)25-26(18)14-27-9-10-29(2,3)4/h5-6,11-13H,7-10,14H2,1-4H3. The fraction of sp³-hybridized carbons (Fsp3) is 0.476. The quantitative estimate of drug-likeness (QED) is 0.272. The first kappa shape index (κ1) is 20.3. The van der Waals surface area contributed by atoms with Gasteiger partial charge in [0, 0.05) is 26.1 Å². The molecule has 1 aliphatic carbocycles. The van der Waals surface area contributed by atoms with Crippen LogP contribution in [0.1, 0.15) is 19.8 Å². The highest BCUT2D eigenvalue weighted by molar-refractivity contribution is 6.76. The van der Waals surface area contributed by atoms with E-state index in [4.69, 9.17) is 26.2 Å².